The Balaban J connectivity index is 1.94. The maximum absolute atomic E-state index is 12.2. The number of aromatic nitrogens is 4. The van der Waals surface area contributed by atoms with Crippen LogP contribution >= 0.6 is 0 Å². The number of aromatic amines is 4. The summed E-state index contributed by atoms with van der Waals surface area (Å²) in [6.07, 6.45) is -5.79. The third-order valence-electron chi connectivity index (χ3n) is 10.2. The van der Waals surface area contributed by atoms with E-state index in [4.69, 9.17) is 0 Å². The van der Waals surface area contributed by atoms with Crippen molar-refractivity contribution in [3.63, 3.8) is 0 Å². The smallest absolute Gasteiger partial charge is 0.0833 e. The van der Waals surface area contributed by atoms with Crippen LogP contribution in [0.1, 0.15) is 110 Å². The molecule has 0 atom stereocenters. The number of hydrogen-bond acceptors (Lipinski definition) is 17. The van der Waals surface area contributed by atoms with E-state index in [1.807, 2.05) is 0 Å². The van der Waals surface area contributed by atoms with E-state index in [9.17, 15) is 84.3 Å². The first-order chi connectivity index (χ1) is 28.8. The van der Waals surface area contributed by atoms with Crippen LogP contribution < -0.4 is 40.9 Å². The lowest BCUT2D eigenvalue weighted by Crippen LogP contribution is -2.26. The van der Waals surface area contributed by atoms with Crippen LogP contribution in [-0.2, 0) is 116 Å². The number of aliphatic carboxylic acids is 8. The summed E-state index contributed by atoms with van der Waals surface area (Å²) in [5, 5.41) is 104. The molecular weight excluding hydrogens is 808 g/mol. The molecular formula is C40H38N4O17-8. The van der Waals surface area contributed by atoms with Crippen LogP contribution in [0.15, 0.2) is 6.20 Å². The van der Waals surface area contributed by atoms with Gasteiger partial charge in [-0.1, -0.05) is 0 Å². The molecule has 0 saturated carbocycles. The molecule has 0 bridgehead atoms. The maximum Gasteiger partial charge on any atom is 0.0833 e. The Hall–Kier alpha value is -7.16. The molecule has 21 nitrogen and oxygen atoms in total. The van der Waals surface area contributed by atoms with E-state index < -0.39 is 106 Å². The number of carboxylic acids is 8. The van der Waals surface area contributed by atoms with Crippen molar-refractivity contribution in [1.29, 1.82) is 0 Å². The highest BCUT2D eigenvalue weighted by Crippen LogP contribution is 2.32. The molecule has 61 heavy (non-hydrogen) atoms. The summed E-state index contributed by atoms with van der Waals surface area (Å²) in [6, 6.07) is 0. The highest BCUT2D eigenvalue weighted by atomic mass is 16.4. The quantitative estimate of drug-likeness (QED) is 0.0372. The average molecular weight is 847 g/mol. The molecule has 0 saturated heterocycles. The number of nitrogens with one attached hydrogen (secondary N) is 4. The van der Waals surface area contributed by atoms with Crippen molar-refractivity contribution in [1.82, 2.24) is 19.9 Å². The molecule has 0 spiro atoms. The molecule has 0 unspecified atom stereocenters. The zero-order valence-corrected chi connectivity index (χ0v) is 32.4. The van der Waals surface area contributed by atoms with Crippen molar-refractivity contribution in [3.8, 4) is 0 Å². The van der Waals surface area contributed by atoms with Crippen LogP contribution in [0, 0.1) is 0 Å². The van der Waals surface area contributed by atoms with Crippen molar-refractivity contribution < 1.29 is 84.3 Å². The topological polar surface area (TPSA) is 404 Å². The fraction of sp³-hybridized carbons (Fsp3) is 0.400. The van der Waals surface area contributed by atoms with Crippen LogP contribution in [0.4, 0.5) is 0 Å². The van der Waals surface area contributed by atoms with Gasteiger partial charge in [0.2, 0.25) is 0 Å². The Morgan fingerprint density at radius 2 is 0.672 bits per heavy atom. The van der Waals surface area contributed by atoms with Crippen molar-refractivity contribution in [2.75, 3.05) is 0 Å². The van der Waals surface area contributed by atoms with Gasteiger partial charge in [0.1, 0.15) is 0 Å². The van der Waals surface area contributed by atoms with E-state index in [-0.39, 0.29) is 124 Å². The summed E-state index contributed by atoms with van der Waals surface area (Å²) in [5.74, 6) is -12.2. The van der Waals surface area contributed by atoms with Gasteiger partial charge in [-0.2, -0.15) is 0 Å². The standard InChI is InChI=1S/C40H46N4O17/c45-17-32-25(12-40(60)61)21(4-8-36(52)53)29(44-32)15-31-24(11-39(58)59)20(3-7-35(50)51)28(43-31)14-30-23(10-38(56)57)19(2-6-34(48)49)27(42-30)13-26-22(9-37(54)55)18(16-41-26)1-5-33(46)47/h16,41-45H,1-15,17H2,(H,46,47)(H,48,49)(H,50,51)(H,52,53)(H,54,55)(H,56,57)(H,58,59)(H,60,61)/p-8. The van der Waals surface area contributed by atoms with E-state index in [0.29, 0.717) is 5.56 Å². The van der Waals surface area contributed by atoms with Crippen molar-refractivity contribution in [2.45, 2.75) is 103 Å². The fourth-order valence-corrected chi connectivity index (χ4v) is 7.70. The Labute approximate surface area is 345 Å². The Bertz CT molecular complexity index is 2340. The van der Waals surface area contributed by atoms with Crippen LogP contribution in [0.3, 0.4) is 0 Å². The zero-order chi connectivity index (χ0) is 45.1. The summed E-state index contributed by atoms with van der Waals surface area (Å²) in [6.45, 7) is -0.714. The van der Waals surface area contributed by atoms with Crippen molar-refractivity contribution in [2.24, 2.45) is 0 Å². The van der Waals surface area contributed by atoms with Gasteiger partial charge < -0.3 is 104 Å². The van der Waals surface area contributed by atoms with Gasteiger partial charge in [0.25, 0.3) is 0 Å². The number of aliphatic hydroxyl groups excluding tert-OH is 1. The molecule has 4 aromatic heterocycles. The minimum absolute atomic E-state index is 0.00346. The lowest BCUT2D eigenvalue weighted by molar-refractivity contribution is -0.307. The maximum atomic E-state index is 12.2. The number of aliphatic hydroxyl groups is 1. The van der Waals surface area contributed by atoms with E-state index in [1.54, 1.807) is 0 Å². The first-order valence-electron chi connectivity index (χ1n) is 18.8. The van der Waals surface area contributed by atoms with Gasteiger partial charge in [0.15, 0.2) is 0 Å². The average Bonchev–Trinajstić information content (AvgIpc) is 3.86. The summed E-state index contributed by atoms with van der Waals surface area (Å²) >= 11 is 0. The molecule has 4 heterocycles. The number of carbonyl (C=O) groups is 8. The molecule has 0 aliphatic rings. The Kier molecular flexibility index (Phi) is 15.8. The highest BCUT2D eigenvalue weighted by Gasteiger charge is 2.26. The third-order valence-corrected chi connectivity index (χ3v) is 10.2. The molecule has 4 aromatic rings. The number of carboxylic acid groups (broad SMARTS) is 8. The first kappa shape index (κ1) is 46.5. The van der Waals surface area contributed by atoms with Gasteiger partial charge >= 0.3 is 0 Å². The number of aryl methyl sites for hydroxylation is 1. The van der Waals surface area contributed by atoms with Crippen molar-refractivity contribution in [3.05, 3.63) is 90.6 Å². The predicted molar refractivity (Wildman–Crippen MR) is 186 cm³/mol. The molecule has 328 valence electrons. The number of H-pyrrole nitrogens is 4. The van der Waals surface area contributed by atoms with Gasteiger partial charge in [0.05, 0.1) is 6.61 Å². The third kappa shape index (κ3) is 12.7. The number of carbonyl (C=O) groups excluding carboxylic acids is 8. The summed E-state index contributed by atoms with van der Waals surface area (Å²) < 4.78 is 0. The monoisotopic (exact) mass is 846 g/mol. The number of rotatable bonds is 27. The molecule has 0 radical (unpaired) electrons. The minimum atomic E-state index is -1.61. The van der Waals surface area contributed by atoms with E-state index >= 15 is 0 Å². The van der Waals surface area contributed by atoms with E-state index in [1.165, 1.54) is 6.20 Å². The zero-order valence-electron chi connectivity index (χ0n) is 32.4. The largest absolute Gasteiger partial charge is 0.550 e. The predicted octanol–water partition coefficient (Wildman–Crippen LogP) is -8.84. The van der Waals surface area contributed by atoms with Gasteiger partial charge in [-0.15, -0.1) is 0 Å². The SMILES string of the molecule is O=C([O-])CCc1c[nH]c(Cc2[nH]c(Cc3[nH]c(Cc4[nH]c(CO)c(CC(=O)[O-])c4CCC(=O)[O-])c(CC(=O)[O-])c3CCC(=O)[O-])c(CC(=O)[O-])c2CCC(=O)[O-])c1CC(=O)[O-]. The second-order valence-corrected chi connectivity index (χ2v) is 14.3. The van der Waals surface area contributed by atoms with Gasteiger partial charge in [0, 0.05) is 139 Å². The lowest BCUT2D eigenvalue weighted by Gasteiger charge is -2.12. The first-order valence-corrected chi connectivity index (χ1v) is 18.8. The Morgan fingerprint density at radius 1 is 0.377 bits per heavy atom. The van der Waals surface area contributed by atoms with Crippen LogP contribution in [-0.4, -0.2) is 72.8 Å². The van der Waals surface area contributed by atoms with Crippen LogP contribution in [0.2, 0.25) is 0 Å². The van der Waals surface area contributed by atoms with Gasteiger partial charge in [-0.05, 0) is 95.9 Å². The van der Waals surface area contributed by atoms with Crippen LogP contribution in [0.25, 0.3) is 0 Å². The minimum Gasteiger partial charge on any atom is -0.550 e. The van der Waals surface area contributed by atoms with Gasteiger partial charge in [-0.25, -0.2) is 0 Å². The highest BCUT2D eigenvalue weighted by molar-refractivity contribution is 5.73. The molecule has 0 aliphatic heterocycles. The van der Waals surface area contributed by atoms with E-state index in [0.717, 1.165) is 0 Å². The summed E-state index contributed by atoms with van der Waals surface area (Å²) in [7, 11) is 0. The molecule has 0 aliphatic carbocycles. The lowest BCUT2D eigenvalue weighted by atomic mass is 9.94. The van der Waals surface area contributed by atoms with E-state index in [2.05, 4.69) is 19.9 Å². The second kappa shape index (κ2) is 20.7. The summed E-state index contributed by atoms with van der Waals surface area (Å²) in [5.41, 5.74) is 1.87. The number of hydrogen-bond donors (Lipinski definition) is 5. The van der Waals surface area contributed by atoms with Crippen LogP contribution in [0.5, 0.6) is 0 Å². The Morgan fingerprint density at radius 3 is 1.02 bits per heavy atom. The second-order valence-electron chi connectivity index (χ2n) is 14.3. The molecule has 0 amide bonds. The van der Waals surface area contributed by atoms with Crippen molar-refractivity contribution >= 4 is 47.8 Å². The summed E-state index contributed by atoms with van der Waals surface area (Å²) in [4.78, 5) is 106. The molecule has 21 heteroatoms. The molecule has 0 aromatic carbocycles. The van der Waals surface area contributed by atoms with Gasteiger partial charge in [-0.3, -0.25) is 0 Å². The molecule has 5 N–H and O–H groups in total. The molecule has 0 fully saturated rings. The normalized spacial score (nSPS) is 11.2. The fourth-order valence-electron chi connectivity index (χ4n) is 7.70. The molecule has 4 rings (SSSR count).